The van der Waals surface area contributed by atoms with Gasteiger partial charge in [0, 0.05) is 11.6 Å². The largest absolute Gasteiger partial charge is 0.497 e. The molecule has 0 aliphatic rings. The molecular formula is C25H26N2O5. The van der Waals surface area contributed by atoms with Crippen LogP contribution < -0.4 is 24.4 Å². The molecule has 166 valence electrons. The number of nitrogens with one attached hydrogen (secondary N) is 1. The first-order valence-corrected chi connectivity index (χ1v) is 10.1. The van der Waals surface area contributed by atoms with Gasteiger partial charge in [-0.25, -0.2) is 5.43 Å². The van der Waals surface area contributed by atoms with Crippen LogP contribution in [0.1, 0.15) is 28.4 Å². The molecule has 3 aromatic rings. The summed E-state index contributed by atoms with van der Waals surface area (Å²) in [7, 11) is 3.05. The molecule has 3 aromatic carbocycles. The fourth-order valence-corrected chi connectivity index (χ4v) is 2.90. The maximum atomic E-state index is 12.4. The summed E-state index contributed by atoms with van der Waals surface area (Å²) >= 11 is 0. The monoisotopic (exact) mass is 434 g/mol. The van der Waals surface area contributed by atoms with E-state index in [1.165, 1.54) is 14.2 Å². The number of ether oxygens (including phenoxy) is 4. The number of rotatable bonds is 10. The Balaban J connectivity index is 1.67. The molecule has 32 heavy (non-hydrogen) atoms. The molecule has 0 aromatic heterocycles. The van der Waals surface area contributed by atoms with Crippen molar-refractivity contribution in [3.63, 3.8) is 0 Å². The van der Waals surface area contributed by atoms with Gasteiger partial charge in [-0.1, -0.05) is 30.3 Å². The molecule has 0 aliphatic heterocycles. The van der Waals surface area contributed by atoms with E-state index >= 15 is 0 Å². The molecule has 1 amide bonds. The highest BCUT2D eigenvalue weighted by Crippen LogP contribution is 2.29. The van der Waals surface area contributed by atoms with E-state index in [9.17, 15) is 4.79 Å². The summed E-state index contributed by atoms with van der Waals surface area (Å²) in [5.41, 5.74) is 4.70. The standard InChI is InChI=1S/C25H26N2O5/c1-4-31-24-12-19(10-11-23(24)32-17-18-8-6-5-7-9-18)16-26-27-25(28)20-13-21(29-2)15-22(14-20)30-3/h5-16H,4,17H2,1-3H3,(H,27,28)/b26-16-. The highest BCUT2D eigenvalue weighted by Gasteiger charge is 2.10. The van der Waals surface area contributed by atoms with Gasteiger partial charge in [0.15, 0.2) is 11.5 Å². The lowest BCUT2D eigenvalue weighted by Crippen LogP contribution is -2.17. The van der Waals surface area contributed by atoms with Crippen molar-refractivity contribution in [2.45, 2.75) is 13.5 Å². The molecule has 0 saturated carbocycles. The molecule has 0 saturated heterocycles. The van der Waals surface area contributed by atoms with Crippen molar-refractivity contribution < 1.29 is 23.7 Å². The summed E-state index contributed by atoms with van der Waals surface area (Å²) in [6, 6.07) is 20.3. The molecule has 0 spiro atoms. The Hall–Kier alpha value is -4.00. The second-order valence-electron chi connectivity index (χ2n) is 6.71. The second-order valence-corrected chi connectivity index (χ2v) is 6.71. The summed E-state index contributed by atoms with van der Waals surface area (Å²) in [5.74, 6) is 1.90. The number of carbonyl (C=O) groups is 1. The normalized spacial score (nSPS) is 10.6. The molecule has 0 atom stereocenters. The zero-order valence-corrected chi connectivity index (χ0v) is 18.3. The van der Waals surface area contributed by atoms with Crippen molar-refractivity contribution in [2.24, 2.45) is 5.10 Å². The average Bonchev–Trinajstić information content (AvgIpc) is 2.84. The SMILES string of the molecule is CCOc1cc(/C=N\NC(=O)c2cc(OC)cc(OC)c2)ccc1OCc1ccccc1. The van der Waals surface area contributed by atoms with Gasteiger partial charge in [0.1, 0.15) is 18.1 Å². The Kier molecular flexibility index (Phi) is 8.09. The second kappa shape index (κ2) is 11.4. The van der Waals surface area contributed by atoms with Gasteiger partial charge in [-0.3, -0.25) is 4.79 Å². The Morgan fingerprint density at radius 3 is 2.28 bits per heavy atom. The van der Waals surface area contributed by atoms with E-state index in [0.29, 0.717) is 41.8 Å². The molecule has 0 fully saturated rings. The minimum absolute atomic E-state index is 0.373. The van der Waals surface area contributed by atoms with Gasteiger partial charge in [0.2, 0.25) is 0 Å². The number of hydrogen-bond acceptors (Lipinski definition) is 6. The molecule has 3 rings (SSSR count). The summed E-state index contributed by atoms with van der Waals surface area (Å²) in [4.78, 5) is 12.4. The van der Waals surface area contributed by atoms with E-state index in [-0.39, 0.29) is 5.91 Å². The molecule has 0 radical (unpaired) electrons. The van der Waals surface area contributed by atoms with Crippen LogP contribution in [0.4, 0.5) is 0 Å². The van der Waals surface area contributed by atoms with Crippen molar-refractivity contribution >= 4 is 12.1 Å². The van der Waals surface area contributed by atoms with Gasteiger partial charge in [0.05, 0.1) is 27.0 Å². The summed E-state index contributed by atoms with van der Waals surface area (Å²) in [6.45, 7) is 2.84. The first-order valence-electron chi connectivity index (χ1n) is 10.1. The van der Waals surface area contributed by atoms with E-state index < -0.39 is 0 Å². The molecule has 1 N–H and O–H groups in total. The van der Waals surface area contributed by atoms with Gasteiger partial charge in [-0.2, -0.15) is 5.10 Å². The van der Waals surface area contributed by atoms with Crippen LogP contribution in [-0.2, 0) is 6.61 Å². The van der Waals surface area contributed by atoms with E-state index in [4.69, 9.17) is 18.9 Å². The van der Waals surface area contributed by atoms with Crippen LogP contribution in [0.2, 0.25) is 0 Å². The Morgan fingerprint density at radius 1 is 0.906 bits per heavy atom. The lowest BCUT2D eigenvalue weighted by Gasteiger charge is -2.12. The van der Waals surface area contributed by atoms with E-state index in [2.05, 4.69) is 10.5 Å². The number of hydrogen-bond donors (Lipinski definition) is 1. The fourth-order valence-electron chi connectivity index (χ4n) is 2.90. The zero-order chi connectivity index (χ0) is 22.8. The maximum Gasteiger partial charge on any atom is 0.271 e. The first kappa shape index (κ1) is 22.7. The maximum absolute atomic E-state index is 12.4. The highest BCUT2D eigenvalue weighted by atomic mass is 16.5. The highest BCUT2D eigenvalue weighted by molar-refractivity contribution is 5.95. The first-order chi connectivity index (χ1) is 15.6. The molecule has 0 unspecified atom stereocenters. The lowest BCUT2D eigenvalue weighted by molar-refractivity contribution is 0.0954. The van der Waals surface area contributed by atoms with Crippen molar-refractivity contribution in [1.82, 2.24) is 5.43 Å². The molecule has 0 bridgehead atoms. The van der Waals surface area contributed by atoms with Crippen LogP contribution in [0.15, 0.2) is 71.8 Å². The smallest absolute Gasteiger partial charge is 0.271 e. The lowest BCUT2D eigenvalue weighted by atomic mass is 10.2. The minimum Gasteiger partial charge on any atom is -0.497 e. The van der Waals surface area contributed by atoms with E-state index in [0.717, 1.165) is 11.1 Å². The molecule has 7 heteroatoms. The van der Waals surface area contributed by atoms with Crippen LogP contribution in [0.25, 0.3) is 0 Å². The predicted molar refractivity (Wildman–Crippen MR) is 123 cm³/mol. The number of hydrazone groups is 1. The number of carbonyl (C=O) groups excluding carboxylic acids is 1. The van der Waals surface area contributed by atoms with Crippen molar-refractivity contribution in [2.75, 3.05) is 20.8 Å². The van der Waals surface area contributed by atoms with Crippen LogP contribution in [0.3, 0.4) is 0 Å². The summed E-state index contributed by atoms with van der Waals surface area (Å²) < 4.78 is 22.0. The quantitative estimate of drug-likeness (QED) is 0.377. The fraction of sp³-hybridized carbons (Fsp3) is 0.200. The van der Waals surface area contributed by atoms with Gasteiger partial charge < -0.3 is 18.9 Å². The molecule has 7 nitrogen and oxygen atoms in total. The summed E-state index contributed by atoms with van der Waals surface area (Å²) in [6.07, 6.45) is 1.54. The Bertz CT molecular complexity index is 1040. The number of methoxy groups -OCH3 is 2. The van der Waals surface area contributed by atoms with Gasteiger partial charge >= 0.3 is 0 Å². The van der Waals surface area contributed by atoms with Crippen molar-refractivity contribution in [3.8, 4) is 23.0 Å². The van der Waals surface area contributed by atoms with Gasteiger partial charge in [-0.15, -0.1) is 0 Å². The number of benzene rings is 3. The predicted octanol–water partition coefficient (Wildman–Crippen LogP) is 4.45. The Labute approximate surface area is 187 Å². The third-order valence-corrected chi connectivity index (χ3v) is 4.50. The topological polar surface area (TPSA) is 78.4 Å². The van der Waals surface area contributed by atoms with Crippen LogP contribution in [-0.4, -0.2) is 32.9 Å². The van der Waals surface area contributed by atoms with Gasteiger partial charge in [-0.05, 0) is 48.4 Å². The summed E-state index contributed by atoms with van der Waals surface area (Å²) in [5, 5.41) is 4.05. The number of amides is 1. The van der Waals surface area contributed by atoms with E-state index in [1.807, 2.05) is 55.5 Å². The molecule has 0 aliphatic carbocycles. The third kappa shape index (κ3) is 6.25. The van der Waals surface area contributed by atoms with Crippen molar-refractivity contribution in [1.29, 1.82) is 0 Å². The van der Waals surface area contributed by atoms with E-state index in [1.54, 1.807) is 24.4 Å². The average molecular weight is 434 g/mol. The third-order valence-electron chi connectivity index (χ3n) is 4.50. The van der Waals surface area contributed by atoms with Crippen LogP contribution >= 0.6 is 0 Å². The van der Waals surface area contributed by atoms with Gasteiger partial charge in [0.25, 0.3) is 5.91 Å². The van der Waals surface area contributed by atoms with Crippen LogP contribution in [0.5, 0.6) is 23.0 Å². The van der Waals surface area contributed by atoms with Crippen molar-refractivity contribution in [3.05, 3.63) is 83.4 Å². The molecule has 0 heterocycles. The minimum atomic E-state index is -0.383. The Morgan fingerprint density at radius 2 is 1.62 bits per heavy atom. The number of nitrogens with zero attached hydrogens (tertiary/aromatic N) is 1. The zero-order valence-electron chi connectivity index (χ0n) is 18.3. The molecular weight excluding hydrogens is 408 g/mol. The van der Waals surface area contributed by atoms with Crippen LogP contribution in [0, 0.1) is 0 Å².